The second-order valence-corrected chi connectivity index (χ2v) is 5.81. The van der Waals surface area contributed by atoms with Crippen LogP contribution in [0.2, 0.25) is 0 Å². The molecule has 0 bridgehead atoms. The SMILES string of the molecule is Cn1c(C2=CCCCC2)c(-c2cnccn2)c2c(N)ncnc21. The molecule has 6 nitrogen and oxygen atoms in total. The number of anilines is 1. The first-order chi connectivity index (χ1) is 11.3. The molecule has 0 unspecified atom stereocenters. The lowest BCUT2D eigenvalue weighted by atomic mass is 9.94. The Labute approximate surface area is 134 Å². The second kappa shape index (κ2) is 5.46. The Bertz CT molecular complexity index is 894. The number of hydrogen-bond donors (Lipinski definition) is 1. The molecule has 0 radical (unpaired) electrons. The van der Waals surface area contributed by atoms with E-state index in [1.807, 2.05) is 7.05 Å². The normalized spacial score (nSPS) is 14.9. The Morgan fingerprint density at radius 2 is 2.04 bits per heavy atom. The molecular formula is C17H18N6. The van der Waals surface area contributed by atoms with E-state index in [0.717, 1.165) is 40.8 Å². The molecule has 2 N–H and O–H groups in total. The van der Waals surface area contributed by atoms with Gasteiger partial charge in [-0.05, 0) is 31.3 Å². The van der Waals surface area contributed by atoms with Crippen molar-refractivity contribution in [2.24, 2.45) is 7.05 Å². The van der Waals surface area contributed by atoms with Crippen LogP contribution in [0, 0.1) is 0 Å². The van der Waals surface area contributed by atoms with Crippen LogP contribution in [0.15, 0.2) is 31.0 Å². The average Bonchev–Trinajstić information content (AvgIpc) is 2.91. The summed E-state index contributed by atoms with van der Waals surface area (Å²) in [5.74, 6) is 0.480. The maximum Gasteiger partial charge on any atom is 0.146 e. The Morgan fingerprint density at radius 3 is 2.78 bits per heavy atom. The minimum absolute atomic E-state index is 0.480. The molecule has 3 heterocycles. The summed E-state index contributed by atoms with van der Waals surface area (Å²) in [6.07, 6.45) is 13.6. The van der Waals surface area contributed by atoms with E-state index >= 15 is 0 Å². The van der Waals surface area contributed by atoms with Gasteiger partial charge in [-0.1, -0.05) is 6.08 Å². The van der Waals surface area contributed by atoms with Gasteiger partial charge in [-0.25, -0.2) is 9.97 Å². The molecule has 0 saturated heterocycles. The van der Waals surface area contributed by atoms with E-state index in [0.29, 0.717) is 5.82 Å². The standard InChI is InChI=1S/C17H18N6/c1-23-15(11-5-3-2-4-6-11)13(12-9-19-7-8-20-12)14-16(18)21-10-22-17(14)23/h5,7-10H,2-4,6H2,1H3,(H2,18,21,22). The van der Waals surface area contributed by atoms with Crippen LogP contribution in [0.1, 0.15) is 31.4 Å². The quantitative estimate of drug-likeness (QED) is 0.787. The van der Waals surface area contributed by atoms with Gasteiger partial charge >= 0.3 is 0 Å². The monoisotopic (exact) mass is 306 g/mol. The lowest BCUT2D eigenvalue weighted by Gasteiger charge is -2.15. The average molecular weight is 306 g/mol. The summed E-state index contributed by atoms with van der Waals surface area (Å²) in [7, 11) is 2.03. The molecule has 116 valence electrons. The molecule has 0 fully saturated rings. The van der Waals surface area contributed by atoms with Crippen molar-refractivity contribution >= 4 is 22.4 Å². The van der Waals surface area contributed by atoms with Crippen LogP contribution in [0.25, 0.3) is 27.9 Å². The van der Waals surface area contributed by atoms with Gasteiger partial charge in [0.1, 0.15) is 17.8 Å². The fourth-order valence-corrected chi connectivity index (χ4v) is 3.38. The third-order valence-corrected chi connectivity index (χ3v) is 4.41. The fourth-order valence-electron chi connectivity index (χ4n) is 3.38. The number of aryl methyl sites for hydroxylation is 1. The van der Waals surface area contributed by atoms with Crippen molar-refractivity contribution < 1.29 is 0 Å². The maximum absolute atomic E-state index is 6.17. The smallest absolute Gasteiger partial charge is 0.146 e. The van der Waals surface area contributed by atoms with Crippen molar-refractivity contribution in [3.05, 3.63) is 36.7 Å². The first-order valence-corrected chi connectivity index (χ1v) is 7.82. The van der Waals surface area contributed by atoms with Crippen LogP contribution < -0.4 is 5.73 Å². The summed E-state index contributed by atoms with van der Waals surface area (Å²) in [5.41, 5.74) is 11.3. The summed E-state index contributed by atoms with van der Waals surface area (Å²) < 4.78 is 2.11. The van der Waals surface area contributed by atoms with Gasteiger partial charge in [-0.2, -0.15) is 0 Å². The van der Waals surface area contributed by atoms with Crippen LogP contribution in [0.4, 0.5) is 5.82 Å². The Balaban J connectivity index is 2.10. The topological polar surface area (TPSA) is 82.5 Å². The number of nitrogens with two attached hydrogens (primary N) is 1. The highest BCUT2D eigenvalue weighted by molar-refractivity contribution is 6.05. The third kappa shape index (κ3) is 2.18. The minimum Gasteiger partial charge on any atom is -0.383 e. The second-order valence-electron chi connectivity index (χ2n) is 5.81. The van der Waals surface area contributed by atoms with Gasteiger partial charge in [0.25, 0.3) is 0 Å². The molecule has 4 rings (SSSR count). The number of nitrogen functional groups attached to an aromatic ring is 1. The molecule has 0 amide bonds. The van der Waals surface area contributed by atoms with Crippen molar-refractivity contribution in [1.29, 1.82) is 0 Å². The van der Waals surface area contributed by atoms with E-state index in [4.69, 9.17) is 5.73 Å². The zero-order chi connectivity index (χ0) is 15.8. The van der Waals surface area contributed by atoms with Crippen LogP contribution in [-0.4, -0.2) is 24.5 Å². The molecule has 6 heteroatoms. The predicted molar refractivity (Wildman–Crippen MR) is 90.4 cm³/mol. The highest BCUT2D eigenvalue weighted by Gasteiger charge is 2.24. The van der Waals surface area contributed by atoms with Gasteiger partial charge in [0.2, 0.25) is 0 Å². The molecule has 1 aliphatic rings. The van der Waals surface area contributed by atoms with Gasteiger partial charge in [0, 0.05) is 25.0 Å². The number of allylic oxidation sites excluding steroid dienone is 2. The van der Waals surface area contributed by atoms with Gasteiger partial charge in [0.05, 0.1) is 23.0 Å². The predicted octanol–water partition coefficient (Wildman–Crippen LogP) is 2.96. The van der Waals surface area contributed by atoms with E-state index in [9.17, 15) is 0 Å². The van der Waals surface area contributed by atoms with E-state index in [2.05, 4.69) is 30.6 Å². The molecule has 23 heavy (non-hydrogen) atoms. The lowest BCUT2D eigenvalue weighted by molar-refractivity contribution is 0.735. The number of hydrogen-bond acceptors (Lipinski definition) is 5. The fraction of sp³-hybridized carbons (Fsp3) is 0.294. The Morgan fingerprint density at radius 1 is 1.13 bits per heavy atom. The third-order valence-electron chi connectivity index (χ3n) is 4.41. The van der Waals surface area contributed by atoms with E-state index in [-0.39, 0.29) is 0 Å². The first-order valence-electron chi connectivity index (χ1n) is 7.82. The largest absolute Gasteiger partial charge is 0.383 e. The molecule has 1 aliphatic carbocycles. The molecule has 0 aliphatic heterocycles. The van der Waals surface area contributed by atoms with Gasteiger partial charge in [-0.3, -0.25) is 9.97 Å². The highest BCUT2D eigenvalue weighted by Crippen LogP contribution is 2.40. The summed E-state index contributed by atoms with van der Waals surface area (Å²) in [6, 6.07) is 0. The van der Waals surface area contributed by atoms with E-state index in [1.165, 1.54) is 24.7 Å². The Kier molecular flexibility index (Phi) is 3.29. The molecule has 0 aromatic carbocycles. The van der Waals surface area contributed by atoms with Gasteiger partial charge in [-0.15, -0.1) is 0 Å². The summed E-state index contributed by atoms with van der Waals surface area (Å²) in [6.45, 7) is 0. The zero-order valence-electron chi connectivity index (χ0n) is 13.0. The Hall–Kier alpha value is -2.76. The molecule has 0 spiro atoms. The van der Waals surface area contributed by atoms with Crippen molar-refractivity contribution in [3.8, 4) is 11.3 Å². The van der Waals surface area contributed by atoms with E-state index < -0.39 is 0 Å². The van der Waals surface area contributed by atoms with Crippen molar-refractivity contribution in [2.45, 2.75) is 25.7 Å². The molecular weight excluding hydrogens is 288 g/mol. The highest BCUT2D eigenvalue weighted by atomic mass is 15.1. The van der Waals surface area contributed by atoms with E-state index in [1.54, 1.807) is 18.6 Å². The number of fused-ring (bicyclic) bond motifs is 1. The lowest BCUT2D eigenvalue weighted by Crippen LogP contribution is -2.01. The number of nitrogens with zero attached hydrogens (tertiary/aromatic N) is 5. The van der Waals surface area contributed by atoms with Gasteiger partial charge < -0.3 is 10.3 Å². The summed E-state index contributed by atoms with van der Waals surface area (Å²) >= 11 is 0. The molecule has 3 aromatic heterocycles. The van der Waals surface area contributed by atoms with Crippen molar-refractivity contribution in [1.82, 2.24) is 24.5 Å². The molecule has 3 aromatic rings. The van der Waals surface area contributed by atoms with Crippen molar-refractivity contribution in [3.63, 3.8) is 0 Å². The minimum atomic E-state index is 0.480. The van der Waals surface area contributed by atoms with Crippen LogP contribution >= 0.6 is 0 Å². The molecule has 0 saturated carbocycles. The summed E-state index contributed by atoms with van der Waals surface area (Å²) in [5, 5.41) is 0.858. The number of rotatable bonds is 2. The van der Waals surface area contributed by atoms with Crippen molar-refractivity contribution in [2.75, 3.05) is 5.73 Å². The zero-order valence-corrected chi connectivity index (χ0v) is 13.0. The van der Waals surface area contributed by atoms with Gasteiger partial charge in [0.15, 0.2) is 0 Å². The maximum atomic E-state index is 6.17. The molecule has 0 atom stereocenters. The van der Waals surface area contributed by atoms with Crippen LogP contribution in [0.3, 0.4) is 0 Å². The first kappa shape index (κ1) is 13.9. The van der Waals surface area contributed by atoms with Crippen LogP contribution in [-0.2, 0) is 7.05 Å². The van der Waals surface area contributed by atoms with Crippen LogP contribution in [0.5, 0.6) is 0 Å². The number of aromatic nitrogens is 5. The summed E-state index contributed by atoms with van der Waals surface area (Å²) in [4.78, 5) is 17.3.